The molecule has 9 nitrogen and oxygen atoms in total. The molecular formula is C29H34ClN7O2. The number of fused-ring (bicyclic) bond motifs is 1. The van der Waals surface area contributed by atoms with Crippen LogP contribution in [0.3, 0.4) is 0 Å². The van der Waals surface area contributed by atoms with Gasteiger partial charge in [-0.2, -0.15) is 5.10 Å². The average molecular weight is 548 g/mol. The summed E-state index contributed by atoms with van der Waals surface area (Å²) in [4.78, 5) is 27.7. The van der Waals surface area contributed by atoms with Crippen LogP contribution in [0.1, 0.15) is 48.3 Å². The van der Waals surface area contributed by atoms with Crippen LogP contribution in [0.4, 0.5) is 5.69 Å². The van der Waals surface area contributed by atoms with E-state index >= 15 is 0 Å². The van der Waals surface area contributed by atoms with Gasteiger partial charge in [0.2, 0.25) is 0 Å². The van der Waals surface area contributed by atoms with E-state index in [2.05, 4.69) is 25.3 Å². The molecule has 1 aliphatic heterocycles. The maximum absolute atomic E-state index is 12.9. The summed E-state index contributed by atoms with van der Waals surface area (Å²) in [6, 6.07) is 8.54. The fraction of sp³-hybridized carbons (Fsp3) is 0.448. The van der Waals surface area contributed by atoms with Gasteiger partial charge in [0, 0.05) is 44.0 Å². The highest BCUT2D eigenvalue weighted by Gasteiger charge is 2.27. The summed E-state index contributed by atoms with van der Waals surface area (Å²) in [6.45, 7) is 7.75. The smallest absolute Gasteiger partial charge is 0.258 e. The van der Waals surface area contributed by atoms with E-state index in [1.807, 2.05) is 38.2 Å². The van der Waals surface area contributed by atoms with Crippen LogP contribution in [0.2, 0.25) is 5.02 Å². The van der Waals surface area contributed by atoms with Crippen molar-refractivity contribution >= 4 is 28.2 Å². The molecule has 0 amide bonds. The van der Waals surface area contributed by atoms with E-state index in [-0.39, 0.29) is 5.56 Å². The highest BCUT2D eigenvalue weighted by atomic mass is 35.5. The molecule has 1 aliphatic carbocycles. The number of pyridine rings is 1. The highest BCUT2D eigenvalue weighted by Crippen LogP contribution is 2.31. The predicted molar refractivity (Wildman–Crippen MR) is 153 cm³/mol. The lowest BCUT2D eigenvalue weighted by molar-refractivity contribution is 0.00791. The zero-order valence-electron chi connectivity index (χ0n) is 22.4. The van der Waals surface area contributed by atoms with Gasteiger partial charge in [-0.25, -0.2) is 14.6 Å². The first kappa shape index (κ1) is 26.0. The summed E-state index contributed by atoms with van der Waals surface area (Å²) in [6.07, 6.45) is 8.73. The number of hydrogen-bond acceptors (Lipinski definition) is 7. The molecule has 1 saturated heterocycles. The third-order valence-electron chi connectivity index (χ3n) is 8.02. The number of nitrogens with one attached hydrogen (secondary N) is 2. The van der Waals surface area contributed by atoms with Crippen LogP contribution in [0.25, 0.3) is 16.7 Å². The second-order valence-electron chi connectivity index (χ2n) is 10.7. The van der Waals surface area contributed by atoms with Crippen molar-refractivity contribution in [1.29, 1.82) is 0 Å². The molecule has 4 heterocycles. The largest absolute Gasteiger partial charge is 0.381 e. The molecule has 39 heavy (non-hydrogen) atoms. The number of benzene rings is 1. The van der Waals surface area contributed by atoms with Gasteiger partial charge in [0.05, 0.1) is 40.5 Å². The summed E-state index contributed by atoms with van der Waals surface area (Å²) in [5.74, 6) is 1.34. The molecule has 0 atom stereocenters. The molecule has 1 aromatic carbocycles. The van der Waals surface area contributed by atoms with Crippen molar-refractivity contribution in [2.75, 3.05) is 31.6 Å². The molecule has 0 bridgehead atoms. The summed E-state index contributed by atoms with van der Waals surface area (Å²) >= 11 is 6.61. The Hall–Kier alpha value is -3.27. The second kappa shape index (κ2) is 11.1. The number of ether oxygens (including phenoxy) is 1. The summed E-state index contributed by atoms with van der Waals surface area (Å²) < 4.78 is 7.28. The number of H-pyrrole nitrogens is 1. The number of morpholine rings is 1. The Kier molecular flexibility index (Phi) is 7.38. The van der Waals surface area contributed by atoms with Crippen LogP contribution >= 0.6 is 11.6 Å². The quantitative estimate of drug-likeness (QED) is 0.368. The van der Waals surface area contributed by atoms with E-state index in [9.17, 15) is 4.79 Å². The summed E-state index contributed by atoms with van der Waals surface area (Å²) in [5, 5.41) is 9.16. The van der Waals surface area contributed by atoms with Gasteiger partial charge < -0.3 is 15.0 Å². The number of aryl methyl sites for hydroxylation is 2. The molecule has 10 heteroatoms. The molecule has 0 unspecified atom stereocenters. The normalized spacial score (nSPS) is 20.4. The third kappa shape index (κ3) is 5.71. The molecule has 4 aromatic rings. The minimum atomic E-state index is -0.193. The molecule has 1 saturated carbocycles. The number of hydrogen-bond donors (Lipinski definition) is 2. The van der Waals surface area contributed by atoms with Gasteiger partial charge in [-0.3, -0.25) is 9.69 Å². The van der Waals surface area contributed by atoms with Crippen molar-refractivity contribution < 1.29 is 4.74 Å². The Morgan fingerprint density at radius 1 is 1.13 bits per heavy atom. The van der Waals surface area contributed by atoms with Crippen molar-refractivity contribution in [2.24, 2.45) is 0 Å². The first-order valence-electron chi connectivity index (χ1n) is 13.7. The van der Waals surface area contributed by atoms with Crippen LogP contribution in [0.5, 0.6) is 0 Å². The number of rotatable bonds is 6. The van der Waals surface area contributed by atoms with Crippen LogP contribution in [0.15, 0.2) is 41.5 Å². The SMILES string of the molecule is Cc1cn(-c2ccc(Cc3nc4cc(NC5CCC(N6CCOCC6)CC5)c(Cl)cc4c(=O)[nH]3)cn2)nc1C. The average Bonchev–Trinajstić information content (AvgIpc) is 3.29. The Balaban J connectivity index is 1.15. The van der Waals surface area contributed by atoms with E-state index in [1.165, 1.54) is 0 Å². The van der Waals surface area contributed by atoms with Crippen molar-refractivity contribution in [2.45, 2.75) is 58.0 Å². The van der Waals surface area contributed by atoms with Gasteiger partial charge in [-0.1, -0.05) is 17.7 Å². The lowest BCUT2D eigenvalue weighted by Crippen LogP contribution is -2.46. The van der Waals surface area contributed by atoms with Gasteiger partial charge in [-0.15, -0.1) is 0 Å². The van der Waals surface area contributed by atoms with Gasteiger partial charge in [-0.05, 0) is 68.9 Å². The maximum Gasteiger partial charge on any atom is 0.258 e. The first-order chi connectivity index (χ1) is 18.9. The lowest BCUT2D eigenvalue weighted by atomic mass is 9.89. The molecule has 3 aromatic heterocycles. The van der Waals surface area contributed by atoms with E-state index in [0.29, 0.717) is 40.3 Å². The lowest BCUT2D eigenvalue weighted by Gasteiger charge is -2.39. The van der Waals surface area contributed by atoms with Gasteiger partial charge >= 0.3 is 0 Å². The molecule has 2 aliphatic rings. The number of aromatic nitrogens is 5. The maximum atomic E-state index is 12.9. The number of halogens is 1. The third-order valence-corrected chi connectivity index (χ3v) is 8.33. The molecule has 0 radical (unpaired) electrons. The second-order valence-corrected chi connectivity index (χ2v) is 11.1. The fourth-order valence-corrected chi connectivity index (χ4v) is 5.88. The number of nitrogens with zero attached hydrogens (tertiary/aromatic N) is 5. The summed E-state index contributed by atoms with van der Waals surface area (Å²) in [5.41, 5.74) is 4.32. The molecule has 204 valence electrons. The number of anilines is 1. The zero-order chi connectivity index (χ0) is 26.9. The Morgan fingerprint density at radius 3 is 2.62 bits per heavy atom. The molecule has 0 spiro atoms. The van der Waals surface area contributed by atoms with Crippen molar-refractivity contribution in [3.8, 4) is 5.82 Å². The van der Waals surface area contributed by atoms with E-state index < -0.39 is 0 Å². The van der Waals surface area contributed by atoms with E-state index in [4.69, 9.17) is 21.3 Å². The van der Waals surface area contributed by atoms with Gasteiger partial charge in [0.1, 0.15) is 5.82 Å². The van der Waals surface area contributed by atoms with Gasteiger partial charge in [0.15, 0.2) is 5.82 Å². The van der Waals surface area contributed by atoms with Gasteiger partial charge in [0.25, 0.3) is 5.56 Å². The monoisotopic (exact) mass is 547 g/mol. The molecular weight excluding hydrogens is 514 g/mol. The Bertz CT molecular complexity index is 1500. The highest BCUT2D eigenvalue weighted by molar-refractivity contribution is 6.34. The van der Waals surface area contributed by atoms with Crippen molar-refractivity contribution in [3.63, 3.8) is 0 Å². The Labute approximate surface area is 232 Å². The standard InChI is InChI=1S/C29H34ClN7O2/c1-18-17-37(35-19(18)2)28-8-3-20(16-31-28)13-27-33-25-15-26(24(30)14-23(25)29(38)34-27)32-21-4-6-22(7-5-21)36-9-11-39-12-10-36/h3,8,14-17,21-22,32H,4-7,9-13H2,1-2H3,(H,33,34,38). The Morgan fingerprint density at radius 2 is 1.92 bits per heavy atom. The molecule has 6 rings (SSSR count). The van der Waals surface area contributed by atoms with Crippen LogP contribution < -0.4 is 10.9 Å². The minimum absolute atomic E-state index is 0.193. The number of aromatic amines is 1. The minimum Gasteiger partial charge on any atom is -0.381 e. The topological polar surface area (TPSA) is 101 Å². The fourth-order valence-electron chi connectivity index (χ4n) is 5.66. The van der Waals surface area contributed by atoms with E-state index in [1.54, 1.807) is 16.9 Å². The predicted octanol–water partition coefficient (Wildman–Crippen LogP) is 4.42. The zero-order valence-corrected chi connectivity index (χ0v) is 23.2. The molecule has 2 N–H and O–H groups in total. The van der Waals surface area contributed by atoms with Crippen LogP contribution in [-0.4, -0.2) is 68.0 Å². The summed E-state index contributed by atoms with van der Waals surface area (Å²) in [7, 11) is 0. The van der Waals surface area contributed by atoms with Crippen molar-refractivity contribution in [3.05, 3.63) is 74.7 Å². The van der Waals surface area contributed by atoms with E-state index in [0.717, 1.165) is 80.3 Å². The molecule has 2 fully saturated rings. The van der Waals surface area contributed by atoms with Crippen LogP contribution in [-0.2, 0) is 11.2 Å². The van der Waals surface area contributed by atoms with Crippen LogP contribution in [0, 0.1) is 13.8 Å². The first-order valence-corrected chi connectivity index (χ1v) is 14.1. The van der Waals surface area contributed by atoms with Crippen molar-refractivity contribution in [1.82, 2.24) is 29.6 Å².